The van der Waals surface area contributed by atoms with Crippen LogP contribution >= 0.6 is 0 Å². The Kier molecular flexibility index (Phi) is 2.43. The SMILES string of the molecule is O=C(C1CCNC1)N1CC2CCCC2C1. The van der Waals surface area contributed by atoms with Crippen molar-refractivity contribution in [2.75, 3.05) is 26.2 Å². The Morgan fingerprint density at radius 2 is 1.87 bits per heavy atom. The highest BCUT2D eigenvalue weighted by Gasteiger charge is 2.39. The Morgan fingerprint density at radius 3 is 2.47 bits per heavy atom. The number of fused-ring (bicyclic) bond motifs is 1. The van der Waals surface area contributed by atoms with Gasteiger partial charge in [-0.2, -0.15) is 0 Å². The highest BCUT2D eigenvalue weighted by molar-refractivity contribution is 5.79. The van der Waals surface area contributed by atoms with Crippen LogP contribution in [-0.4, -0.2) is 37.0 Å². The fraction of sp³-hybridized carbons (Fsp3) is 0.917. The van der Waals surface area contributed by atoms with E-state index in [4.69, 9.17) is 0 Å². The van der Waals surface area contributed by atoms with E-state index < -0.39 is 0 Å². The lowest BCUT2D eigenvalue weighted by Crippen LogP contribution is -2.35. The van der Waals surface area contributed by atoms with Crippen molar-refractivity contribution in [3.05, 3.63) is 0 Å². The van der Waals surface area contributed by atoms with Crippen LogP contribution < -0.4 is 5.32 Å². The van der Waals surface area contributed by atoms with Crippen LogP contribution in [0.15, 0.2) is 0 Å². The van der Waals surface area contributed by atoms with Gasteiger partial charge in [-0.05, 0) is 37.6 Å². The minimum atomic E-state index is 0.281. The highest BCUT2D eigenvalue weighted by Crippen LogP contribution is 2.38. The van der Waals surface area contributed by atoms with Gasteiger partial charge in [0.15, 0.2) is 0 Å². The fourth-order valence-electron chi connectivity index (χ4n) is 3.54. The standard InChI is InChI=1S/C12H20N2O/c15-12(9-4-5-13-6-9)14-7-10-2-1-3-11(10)8-14/h9-11,13H,1-8H2. The molecule has 3 fully saturated rings. The molecule has 3 unspecified atom stereocenters. The number of amides is 1. The number of carbonyl (C=O) groups is 1. The molecule has 15 heavy (non-hydrogen) atoms. The van der Waals surface area contributed by atoms with Crippen molar-refractivity contribution < 1.29 is 4.79 Å². The summed E-state index contributed by atoms with van der Waals surface area (Å²) in [4.78, 5) is 14.3. The molecule has 0 aromatic rings. The van der Waals surface area contributed by atoms with Gasteiger partial charge in [-0.15, -0.1) is 0 Å². The maximum absolute atomic E-state index is 12.2. The molecule has 3 aliphatic rings. The number of carbonyl (C=O) groups excluding carboxylic acids is 1. The molecule has 3 heteroatoms. The monoisotopic (exact) mass is 208 g/mol. The first kappa shape index (κ1) is 9.64. The third kappa shape index (κ3) is 1.67. The molecule has 2 aliphatic heterocycles. The van der Waals surface area contributed by atoms with Crippen molar-refractivity contribution in [3.63, 3.8) is 0 Å². The van der Waals surface area contributed by atoms with E-state index in [1.807, 2.05) is 0 Å². The average Bonchev–Trinajstić information content (AvgIpc) is 2.92. The fourth-order valence-corrected chi connectivity index (χ4v) is 3.54. The lowest BCUT2D eigenvalue weighted by atomic mass is 10.0. The number of nitrogens with zero attached hydrogens (tertiary/aromatic N) is 1. The summed E-state index contributed by atoms with van der Waals surface area (Å²) in [5.74, 6) is 2.38. The van der Waals surface area contributed by atoms with E-state index >= 15 is 0 Å². The summed E-state index contributed by atoms with van der Waals surface area (Å²) in [5, 5.41) is 3.28. The Balaban J connectivity index is 1.61. The van der Waals surface area contributed by atoms with Gasteiger partial charge in [0.1, 0.15) is 0 Å². The highest BCUT2D eigenvalue weighted by atomic mass is 16.2. The Morgan fingerprint density at radius 1 is 1.13 bits per heavy atom. The van der Waals surface area contributed by atoms with Gasteiger partial charge in [0.2, 0.25) is 5.91 Å². The summed E-state index contributed by atoms with van der Waals surface area (Å²) in [6.07, 6.45) is 5.15. The summed E-state index contributed by atoms with van der Waals surface area (Å²) in [7, 11) is 0. The minimum absolute atomic E-state index is 0.281. The van der Waals surface area contributed by atoms with Crippen molar-refractivity contribution in [3.8, 4) is 0 Å². The van der Waals surface area contributed by atoms with Crippen LogP contribution in [0.3, 0.4) is 0 Å². The zero-order chi connectivity index (χ0) is 10.3. The van der Waals surface area contributed by atoms with Crippen molar-refractivity contribution in [1.82, 2.24) is 10.2 Å². The molecule has 0 aromatic heterocycles. The average molecular weight is 208 g/mol. The topological polar surface area (TPSA) is 32.3 Å². The van der Waals surface area contributed by atoms with E-state index in [1.165, 1.54) is 19.3 Å². The Hall–Kier alpha value is -0.570. The second-order valence-electron chi connectivity index (χ2n) is 5.38. The number of nitrogens with one attached hydrogen (secondary N) is 1. The van der Waals surface area contributed by atoms with Crippen molar-refractivity contribution in [2.24, 2.45) is 17.8 Å². The molecule has 0 aromatic carbocycles. The molecular weight excluding hydrogens is 188 g/mol. The predicted octanol–water partition coefficient (Wildman–Crippen LogP) is 0.854. The van der Waals surface area contributed by atoms with Gasteiger partial charge in [-0.1, -0.05) is 6.42 Å². The third-order valence-electron chi connectivity index (χ3n) is 4.45. The predicted molar refractivity (Wildman–Crippen MR) is 58.4 cm³/mol. The van der Waals surface area contributed by atoms with E-state index in [2.05, 4.69) is 10.2 Å². The van der Waals surface area contributed by atoms with Crippen LogP contribution in [0.2, 0.25) is 0 Å². The van der Waals surface area contributed by atoms with Crippen LogP contribution in [0.4, 0.5) is 0 Å². The Labute approximate surface area is 91.2 Å². The molecule has 0 radical (unpaired) electrons. The molecule has 84 valence electrons. The van der Waals surface area contributed by atoms with Crippen LogP contribution in [-0.2, 0) is 4.79 Å². The number of hydrogen-bond acceptors (Lipinski definition) is 2. The zero-order valence-electron chi connectivity index (χ0n) is 9.24. The van der Waals surface area contributed by atoms with Crippen molar-refractivity contribution in [2.45, 2.75) is 25.7 Å². The quantitative estimate of drug-likeness (QED) is 0.693. The van der Waals surface area contributed by atoms with Gasteiger partial charge in [0.25, 0.3) is 0 Å². The number of hydrogen-bond donors (Lipinski definition) is 1. The molecule has 1 amide bonds. The third-order valence-corrected chi connectivity index (χ3v) is 4.45. The summed E-state index contributed by atoms with van der Waals surface area (Å²) < 4.78 is 0. The molecule has 3 rings (SSSR count). The van der Waals surface area contributed by atoms with Crippen molar-refractivity contribution in [1.29, 1.82) is 0 Å². The number of rotatable bonds is 1. The molecule has 1 aliphatic carbocycles. The van der Waals surface area contributed by atoms with Gasteiger partial charge in [0.05, 0.1) is 5.92 Å². The lowest BCUT2D eigenvalue weighted by molar-refractivity contribution is -0.134. The smallest absolute Gasteiger partial charge is 0.227 e. The molecule has 3 atom stereocenters. The van der Waals surface area contributed by atoms with Gasteiger partial charge < -0.3 is 10.2 Å². The van der Waals surface area contributed by atoms with Crippen LogP contribution in [0.5, 0.6) is 0 Å². The van der Waals surface area contributed by atoms with Crippen LogP contribution in [0.25, 0.3) is 0 Å². The minimum Gasteiger partial charge on any atom is -0.342 e. The normalized spacial score (nSPS) is 39.7. The summed E-state index contributed by atoms with van der Waals surface area (Å²) in [6, 6.07) is 0. The van der Waals surface area contributed by atoms with E-state index in [9.17, 15) is 4.79 Å². The summed E-state index contributed by atoms with van der Waals surface area (Å²) in [5.41, 5.74) is 0. The summed E-state index contributed by atoms with van der Waals surface area (Å²) >= 11 is 0. The van der Waals surface area contributed by atoms with Gasteiger partial charge >= 0.3 is 0 Å². The largest absolute Gasteiger partial charge is 0.342 e. The van der Waals surface area contributed by atoms with Crippen LogP contribution in [0.1, 0.15) is 25.7 Å². The second kappa shape index (κ2) is 3.78. The molecule has 2 saturated heterocycles. The second-order valence-corrected chi connectivity index (χ2v) is 5.38. The maximum Gasteiger partial charge on any atom is 0.227 e. The molecule has 3 nitrogen and oxygen atoms in total. The molecule has 1 saturated carbocycles. The molecule has 1 N–H and O–H groups in total. The maximum atomic E-state index is 12.2. The summed E-state index contributed by atoms with van der Waals surface area (Å²) in [6.45, 7) is 4.04. The van der Waals surface area contributed by atoms with E-state index in [-0.39, 0.29) is 5.92 Å². The van der Waals surface area contributed by atoms with E-state index in [1.54, 1.807) is 0 Å². The zero-order valence-corrected chi connectivity index (χ0v) is 9.24. The van der Waals surface area contributed by atoms with E-state index in [0.29, 0.717) is 5.91 Å². The molecule has 2 heterocycles. The van der Waals surface area contributed by atoms with Gasteiger partial charge in [-0.25, -0.2) is 0 Å². The first-order valence-electron chi connectivity index (χ1n) is 6.34. The van der Waals surface area contributed by atoms with Crippen molar-refractivity contribution >= 4 is 5.91 Å². The lowest BCUT2D eigenvalue weighted by Gasteiger charge is -2.20. The molecule has 0 spiro atoms. The first-order chi connectivity index (χ1) is 7.34. The van der Waals surface area contributed by atoms with E-state index in [0.717, 1.165) is 44.4 Å². The van der Waals surface area contributed by atoms with Crippen LogP contribution in [0, 0.1) is 17.8 Å². The van der Waals surface area contributed by atoms with Gasteiger partial charge in [-0.3, -0.25) is 4.79 Å². The van der Waals surface area contributed by atoms with Gasteiger partial charge in [0, 0.05) is 19.6 Å². The number of likely N-dealkylation sites (tertiary alicyclic amines) is 1. The Bertz CT molecular complexity index is 248. The first-order valence-corrected chi connectivity index (χ1v) is 6.34. The molecule has 0 bridgehead atoms. The molecular formula is C12H20N2O.